The molecule has 0 radical (unpaired) electrons. The standard InChI is InChI=1S/C23H28N4O6.2C2HF3O2/c24-11-16(28)10-18-22(31)27-19(23(32)33)7-12-2-1-3-13(6-12)14-4-5-20(29)15(8-14)9-17(25)21(30)26-18;2*3-2(4,5)1(6)7/h1-6,8,16-19,28-29H,7,9-11,24-25H2,(H,26,30)(H,27,31)(H,32,33);2*(H,6,7)/t16-,17+,18+,19+;;/m1../s1. The number of carbonyl (C=O) groups is 5. The molecule has 4 atom stereocenters. The zero-order chi connectivity index (χ0) is 36.3. The summed E-state index contributed by atoms with van der Waals surface area (Å²) in [6.45, 7) is -0.151. The number of carboxylic acid groups (broad SMARTS) is 3. The molecule has 0 saturated heterocycles. The van der Waals surface area contributed by atoms with E-state index in [0.29, 0.717) is 11.1 Å². The maximum atomic E-state index is 12.9. The lowest BCUT2D eigenvalue weighted by Gasteiger charge is -2.24. The molecule has 2 amide bonds. The van der Waals surface area contributed by atoms with Gasteiger partial charge in [-0.05, 0) is 34.4 Å². The molecule has 0 aromatic heterocycles. The van der Waals surface area contributed by atoms with Gasteiger partial charge in [0.2, 0.25) is 11.8 Å². The van der Waals surface area contributed by atoms with E-state index in [1.54, 1.807) is 30.3 Å². The number of nitrogens with two attached hydrogens (primary N) is 2. The second kappa shape index (κ2) is 17.1. The van der Waals surface area contributed by atoms with Crippen LogP contribution in [0.1, 0.15) is 17.5 Å². The molecule has 20 heteroatoms. The molecule has 1 heterocycles. The van der Waals surface area contributed by atoms with E-state index < -0.39 is 66.3 Å². The summed E-state index contributed by atoms with van der Waals surface area (Å²) < 4.78 is 63.5. The molecule has 14 nitrogen and oxygen atoms in total. The van der Waals surface area contributed by atoms with Crippen molar-refractivity contribution >= 4 is 29.7 Å². The number of benzene rings is 2. The number of aliphatic carboxylic acids is 3. The Morgan fingerprint density at radius 3 is 1.87 bits per heavy atom. The van der Waals surface area contributed by atoms with Gasteiger partial charge in [0.1, 0.15) is 17.8 Å². The van der Waals surface area contributed by atoms with Crippen LogP contribution in [0.4, 0.5) is 26.3 Å². The minimum atomic E-state index is -5.08. The lowest BCUT2D eigenvalue weighted by Crippen LogP contribution is -2.56. The molecule has 0 fully saturated rings. The predicted molar refractivity (Wildman–Crippen MR) is 147 cm³/mol. The van der Waals surface area contributed by atoms with Crippen molar-refractivity contribution in [1.29, 1.82) is 0 Å². The molecular weight excluding hydrogens is 654 g/mol. The summed E-state index contributed by atoms with van der Waals surface area (Å²) in [7, 11) is 0. The topological polar surface area (TPSA) is 263 Å². The normalized spacial score (nSPS) is 19.0. The summed E-state index contributed by atoms with van der Waals surface area (Å²) in [5, 5.41) is 49.1. The van der Waals surface area contributed by atoms with E-state index in [0.717, 1.165) is 11.1 Å². The number of rotatable bonds is 4. The van der Waals surface area contributed by atoms with Gasteiger partial charge >= 0.3 is 30.3 Å². The molecule has 0 spiro atoms. The van der Waals surface area contributed by atoms with E-state index in [9.17, 15) is 56.0 Å². The van der Waals surface area contributed by atoms with E-state index in [-0.39, 0.29) is 31.6 Å². The Bertz CT molecular complexity index is 1410. The average Bonchev–Trinajstić information content (AvgIpc) is 2.96. The Labute approximate surface area is 261 Å². The number of halogens is 6. The highest BCUT2D eigenvalue weighted by Gasteiger charge is 2.39. The van der Waals surface area contributed by atoms with Crippen molar-refractivity contribution < 1.29 is 75.8 Å². The van der Waals surface area contributed by atoms with Crippen LogP contribution in [0, 0.1) is 0 Å². The third kappa shape index (κ3) is 13.5. The second-order valence-corrected chi connectivity index (χ2v) is 9.75. The molecule has 1 aliphatic rings. The van der Waals surface area contributed by atoms with Gasteiger partial charge in [-0.2, -0.15) is 26.3 Å². The molecule has 0 saturated carbocycles. The maximum Gasteiger partial charge on any atom is 0.490 e. The monoisotopic (exact) mass is 684 g/mol. The Hall–Kier alpha value is -4.95. The lowest BCUT2D eigenvalue weighted by atomic mass is 9.96. The fourth-order valence-electron chi connectivity index (χ4n) is 3.72. The number of alkyl halides is 6. The van der Waals surface area contributed by atoms with Crippen LogP contribution < -0.4 is 22.1 Å². The van der Waals surface area contributed by atoms with Gasteiger partial charge in [0.15, 0.2) is 0 Å². The zero-order valence-corrected chi connectivity index (χ0v) is 23.9. The van der Waals surface area contributed by atoms with Crippen LogP contribution in [0.15, 0.2) is 42.5 Å². The van der Waals surface area contributed by atoms with Gasteiger partial charge in [0.05, 0.1) is 12.1 Å². The number of aliphatic hydroxyl groups is 1. The summed E-state index contributed by atoms with van der Waals surface area (Å²) in [6, 6.07) is 8.47. The number of carbonyl (C=O) groups excluding carboxylic acids is 2. The van der Waals surface area contributed by atoms with Crippen LogP contribution in [0.25, 0.3) is 11.1 Å². The average molecular weight is 685 g/mol. The van der Waals surface area contributed by atoms with E-state index >= 15 is 0 Å². The number of aromatic hydroxyl groups is 1. The highest BCUT2D eigenvalue weighted by atomic mass is 19.4. The first-order valence-corrected chi connectivity index (χ1v) is 13.0. The number of phenols is 1. The smallest absolute Gasteiger partial charge is 0.490 e. The third-order valence-corrected chi connectivity index (χ3v) is 6.07. The minimum Gasteiger partial charge on any atom is -0.508 e. The van der Waals surface area contributed by atoms with Gasteiger partial charge in [-0.25, -0.2) is 14.4 Å². The SMILES string of the molecule is NC[C@H](O)C[C@@H]1NC(=O)[C@@H](N)Cc2cc(ccc2O)-c2cccc(c2)C[C@@H](C(=O)O)NC1=O.O=C(O)C(F)(F)F.O=C(O)C(F)(F)F. The van der Waals surface area contributed by atoms with Crippen molar-refractivity contribution in [3.8, 4) is 16.9 Å². The fraction of sp³-hybridized carbons (Fsp3) is 0.370. The Kier molecular flexibility index (Phi) is 14.6. The van der Waals surface area contributed by atoms with Gasteiger partial charge in [-0.1, -0.05) is 30.3 Å². The first-order valence-electron chi connectivity index (χ1n) is 13.0. The summed E-state index contributed by atoms with van der Waals surface area (Å²) in [4.78, 5) is 55.2. The van der Waals surface area contributed by atoms with Gasteiger partial charge in [0.25, 0.3) is 0 Å². The highest BCUT2D eigenvalue weighted by Crippen LogP contribution is 2.28. The van der Waals surface area contributed by atoms with Gasteiger partial charge in [-0.15, -0.1) is 0 Å². The van der Waals surface area contributed by atoms with Crippen LogP contribution in [-0.2, 0) is 36.8 Å². The molecule has 0 unspecified atom stereocenters. The zero-order valence-electron chi connectivity index (χ0n) is 23.9. The van der Waals surface area contributed by atoms with E-state index in [4.69, 9.17) is 31.3 Å². The third-order valence-electron chi connectivity index (χ3n) is 6.07. The van der Waals surface area contributed by atoms with Gasteiger partial charge in [-0.3, -0.25) is 9.59 Å². The Balaban J connectivity index is 0.000000658. The Morgan fingerprint density at radius 2 is 1.38 bits per heavy atom. The van der Waals surface area contributed by atoms with Gasteiger partial charge < -0.3 is 47.6 Å². The minimum absolute atomic E-state index is 0.000519. The second-order valence-electron chi connectivity index (χ2n) is 9.75. The van der Waals surface area contributed by atoms with Crippen molar-refractivity contribution in [2.75, 3.05) is 6.54 Å². The van der Waals surface area contributed by atoms with Crippen molar-refractivity contribution in [2.24, 2.45) is 11.5 Å². The number of carboxylic acids is 3. The number of hydrogen-bond acceptors (Lipinski definition) is 9. The molecular formula is C27H30F6N4O10. The number of hydrogen-bond donors (Lipinski definition) is 9. The molecule has 47 heavy (non-hydrogen) atoms. The van der Waals surface area contributed by atoms with Crippen molar-refractivity contribution in [3.05, 3.63) is 53.6 Å². The quantitative estimate of drug-likeness (QED) is 0.200. The van der Waals surface area contributed by atoms with Crippen LogP contribution >= 0.6 is 0 Å². The van der Waals surface area contributed by atoms with E-state index in [1.165, 1.54) is 6.07 Å². The molecule has 3 rings (SSSR count). The Morgan fingerprint density at radius 1 is 0.851 bits per heavy atom. The molecule has 11 N–H and O–H groups in total. The maximum absolute atomic E-state index is 12.9. The summed E-state index contributed by atoms with van der Waals surface area (Å²) in [5.74, 6) is -8.25. The largest absolute Gasteiger partial charge is 0.508 e. The molecule has 2 aromatic carbocycles. The molecule has 0 aliphatic carbocycles. The predicted octanol–water partition coefficient (Wildman–Crippen LogP) is 0.516. The summed E-state index contributed by atoms with van der Waals surface area (Å²) in [5.41, 5.74) is 14.1. The molecule has 1 aliphatic heterocycles. The van der Waals surface area contributed by atoms with Gasteiger partial charge in [0, 0.05) is 25.8 Å². The lowest BCUT2D eigenvalue weighted by molar-refractivity contribution is -0.193. The first kappa shape index (κ1) is 40.1. The van der Waals surface area contributed by atoms with Crippen molar-refractivity contribution in [1.82, 2.24) is 10.6 Å². The number of phenolic OH excluding ortho intramolecular Hbond substituents is 1. The number of fused-ring (bicyclic) bond motifs is 5. The first-order chi connectivity index (χ1) is 21.6. The van der Waals surface area contributed by atoms with Crippen LogP contribution in [-0.4, -0.2) is 98.4 Å². The molecule has 4 bridgehead atoms. The van der Waals surface area contributed by atoms with Crippen LogP contribution in [0.2, 0.25) is 0 Å². The molecule has 2 aromatic rings. The highest BCUT2D eigenvalue weighted by molar-refractivity contribution is 5.92. The number of aliphatic hydroxyl groups excluding tert-OH is 1. The number of amides is 2. The summed E-state index contributed by atoms with van der Waals surface area (Å²) >= 11 is 0. The number of nitrogens with one attached hydrogen (secondary N) is 2. The fourth-order valence-corrected chi connectivity index (χ4v) is 3.72. The van der Waals surface area contributed by atoms with E-state index in [1.807, 2.05) is 6.07 Å². The van der Waals surface area contributed by atoms with E-state index in [2.05, 4.69) is 10.6 Å². The van der Waals surface area contributed by atoms with Crippen molar-refractivity contribution in [3.63, 3.8) is 0 Å². The summed E-state index contributed by atoms with van der Waals surface area (Å²) in [6.07, 6.45) is -11.5. The van der Waals surface area contributed by atoms with Crippen LogP contribution in [0.3, 0.4) is 0 Å². The molecule has 260 valence electrons. The van der Waals surface area contributed by atoms with Crippen molar-refractivity contribution in [2.45, 2.75) is 55.8 Å². The van der Waals surface area contributed by atoms with Crippen LogP contribution in [0.5, 0.6) is 5.75 Å².